The summed E-state index contributed by atoms with van der Waals surface area (Å²) in [6.45, 7) is 0. The smallest absolute Gasteiger partial charge is 0.212 e. The van der Waals surface area contributed by atoms with E-state index in [-0.39, 0.29) is 5.88 Å². The number of aromatic hydroxyl groups is 1. The molecule has 2 aromatic heterocycles. The molecular weight excluding hydrogens is 142 g/mol. The Morgan fingerprint density at radius 1 is 1.36 bits per heavy atom. The highest BCUT2D eigenvalue weighted by Gasteiger charge is 1.95. The Morgan fingerprint density at radius 2 is 2.27 bits per heavy atom. The topological polar surface area (TPSA) is 58.9 Å². The van der Waals surface area contributed by atoms with E-state index >= 15 is 0 Å². The Hall–Kier alpha value is -1.71. The van der Waals surface area contributed by atoms with Crippen LogP contribution >= 0.6 is 0 Å². The summed E-state index contributed by atoms with van der Waals surface area (Å²) in [6, 6.07) is 1.47. The quantitative estimate of drug-likeness (QED) is 0.589. The number of hydrogen-bond acceptors (Lipinski definition) is 4. The van der Waals surface area contributed by atoms with Gasteiger partial charge < -0.3 is 5.11 Å². The summed E-state index contributed by atoms with van der Waals surface area (Å²) in [6.07, 6.45) is 5.53. The lowest BCUT2D eigenvalue weighted by atomic mass is 10.3. The molecular formula is C7H4N3O. The molecule has 0 aromatic carbocycles. The lowest BCUT2D eigenvalue weighted by Crippen LogP contribution is -1.82. The summed E-state index contributed by atoms with van der Waals surface area (Å²) in [5, 5.41) is 9.74. The molecule has 1 N–H and O–H groups in total. The Bertz CT molecular complexity index is 388. The molecule has 4 heteroatoms. The maximum Gasteiger partial charge on any atom is 0.212 e. The molecule has 0 bridgehead atoms. The van der Waals surface area contributed by atoms with Crippen molar-refractivity contribution in [3.8, 4) is 5.88 Å². The maximum absolute atomic E-state index is 8.94. The van der Waals surface area contributed by atoms with Gasteiger partial charge in [0.05, 0.1) is 5.52 Å². The lowest BCUT2D eigenvalue weighted by molar-refractivity contribution is 0.454. The fraction of sp³-hybridized carbons (Fsp3) is 0. The van der Waals surface area contributed by atoms with Crippen LogP contribution in [0.4, 0.5) is 0 Å². The molecule has 0 fully saturated rings. The Labute approximate surface area is 62.6 Å². The molecule has 11 heavy (non-hydrogen) atoms. The lowest BCUT2D eigenvalue weighted by Gasteiger charge is -1.93. The zero-order valence-corrected chi connectivity index (χ0v) is 5.52. The third kappa shape index (κ3) is 0.980. The first-order chi connectivity index (χ1) is 5.36. The van der Waals surface area contributed by atoms with E-state index in [9.17, 15) is 0 Å². The monoisotopic (exact) mass is 146 g/mol. The number of nitrogens with zero attached hydrogens (tertiary/aromatic N) is 3. The summed E-state index contributed by atoms with van der Waals surface area (Å²) < 4.78 is 0. The van der Waals surface area contributed by atoms with Crippen molar-refractivity contribution >= 4 is 10.9 Å². The van der Waals surface area contributed by atoms with E-state index in [1.165, 1.54) is 12.3 Å². The molecule has 1 radical (unpaired) electrons. The Morgan fingerprint density at radius 3 is 3.18 bits per heavy atom. The van der Waals surface area contributed by atoms with Gasteiger partial charge in [-0.3, -0.25) is 0 Å². The van der Waals surface area contributed by atoms with Crippen LogP contribution in [0.2, 0.25) is 0 Å². The SMILES string of the molecule is Oc1cc2n[c]ncc2cn1. The Kier molecular flexibility index (Phi) is 1.18. The number of hydrogen-bond donors (Lipinski definition) is 1. The van der Waals surface area contributed by atoms with Crippen molar-refractivity contribution in [3.05, 3.63) is 24.8 Å². The molecule has 0 amide bonds. The van der Waals surface area contributed by atoms with Crippen molar-refractivity contribution in [3.63, 3.8) is 0 Å². The molecule has 2 aromatic rings. The average molecular weight is 146 g/mol. The van der Waals surface area contributed by atoms with E-state index in [1.54, 1.807) is 6.20 Å². The van der Waals surface area contributed by atoms with Gasteiger partial charge >= 0.3 is 0 Å². The highest BCUT2D eigenvalue weighted by Crippen LogP contribution is 2.11. The van der Waals surface area contributed by atoms with E-state index in [1.807, 2.05) is 0 Å². The third-order valence-electron chi connectivity index (χ3n) is 1.33. The fourth-order valence-electron chi connectivity index (χ4n) is 0.822. The highest BCUT2D eigenvalue weighted by atomic mass is 16.3. The van der Waals surface area contributed by atoms with Crippen molar-refractivity contribution in [2.75, 3.05) is 0 Å². The second kappa shape index (κ2) is 2.16. The minimum atomic E-state index is -0.0374. The van der Waals surface area contributed by atoms with Gasteiger partial charge in [-0.2, -0.15) is 0 Å². The molecule has 0 spiro atoms. The van der Waals surface area contributed by atoms with Crippen molar-refractivity contribution in [1.82, 2.24) is 15.0 Å². The molecule has 0 aliphatic rings. The van der Waals surface area contributed by atoms with Gasteiger partial charge in [-0.25, -0.2) is 15.0 Å². The molecule has 53 valence electrons. The first-order valence-electron chi connectivity index (χ1n) is 3.04. The highest BCUT2D eigenvalue weighted by molar-refractivity contribution is 5.76. The van der Waals surface area contributed by atoms with E-state index < -0.39 is 0 Å². The van der Waals surface area contributed by atoms with Gasteiger partial charge in [0.2, 0.25) is 5.88 Å². The predicted octanol–water partition coefficient (Wildman–Crippen LogP) is 0.531. The van der Waals surface area contributed by atoms with E-state index in [0.29, 0.717) is 5.52 Å². The summed E-state index contributed by atoms with van der Waals surface area (Å²) in [7, 11) is 0. The van der Waals surface area contributed by atoms with Crippen LogP contribution in [0.25, 0.3) is 10.9 Å². The number of fused-ring (bicyclic) bond motifs is 1. The van der Waals surface area contributed by atoms with E-state index in [2.05, 4.69) is 21.3 Å². The molecule has 0 saturated heterocycles. The van der Waals surface area contributed by atoms with Gasteiger partial charge in [0.25, 0.3) is 0 Å². The number of rotatable bonds is 0. The number of aromatic nitrogens is 3. The first kappa shape index (κ1) is 6.03. The average Bonchev–Trinajstić information content (AvgIpc) is 2.04. The van der Waals surface area contributed by atoms with Crippen LogP contribution in [0.5, 0.6) is 5.88 Å². The second-order valence-corrected chi connectivity index (χ2v) is 2.07. The van der Waals surface area contributed by atoms with Gasteiger partial charge in [-0.1, -0.05) is 0 Å². The van der Waals surface area contributed by atoms with Crippen LogP contribution in [-0.2, 0) is 0 Å². The standard InChI is InChI=1S/C7H4N3O/c11-7-1-6-5(3-9-7)2-8-4-10-6/h1-3H,(H,9,11). The van der Waals surface area contributed by atoms with Gasteiger partial charge in [0.15, 0.2) is 6.33 Å². The van der Waals surface area contributed by atoms with Crippen molar-refractivity contribution in [2.24, 2.45) is 0 Å². The first-order valence-corrected chi connectivity index (χ1v) is 3.04. The van der Waals surface area contributed by atoms with Crippen LogP contribution in [0.3, 0.4) is 0 Å². The van der Waals surface area contributed by atoms with Crippen LogP contribution in [0.15, 0.2) is 18.5 Å². The minimum Gasteiger partial charge on any atom is -0.493 e. The molecule has 2 rings (SSSR count). The van der Waals surface area contributed by atoms with Crippen molar-refractivity contribution in [1.29, 1.82) is 0 Å². The number of pyridine rings is 1. The summed E-state index contributed by atoms with van der Waals surface area (Å²) in [4.78, 5) is 11.2. The van der Waals surface area contributed by atoms with Crippen LogP contribution in [0, 0.1) is 6.33 Å². The molecule has 2 heterocycles. The normalized spacial score (nSPS) is 10.2. The van der Waals surface area contributed by atoms with Gasteiger partial charge in [-0.15, -0.1) is 0 Å². The van der Waals surface area contributed by atoms with Gasteiger partial charge in [0.1, 0.15) is 0 Å². The maximum atomic E-state index is 8.94. The zero-order chi connectivity index (χ0) is 7.68. The Balaban J connectivity index is 2.83. The summed E-state index contributed by atoms with van der Waals surface area (Å²) >= 11 is 0. The van der Waals surface area contributed by atoms with Crippen LogP contribution in [0.1, 0.15) is 0 Å². The molecule has 0 atom stereocenters. The van der Waals surface area contributed by atoms with Crippen LogP contribution in [-0.4, -0.2) is 20.1 Å². The summed E-state index contributed by atoms with van der Waals surface area (Å²) in [5.41, 5.74) is 0.646. The zero-order valence-electron chi connectivity index (χ0n) is 5.52. The molecule has 0 unspecified atom stereocenters. The summed E-state index contributed by atoms with van der Waals surface area (Å²) in [5.74, 6) is -0.0374. The molecule has 0 saturated carbocycles. The predicted molar refractivity (Wildman–Crippen MR) is 37.8 cm³/mol. The largest absolute Gasteiger partial charge is 0.493 e. The van der Waals surface area contributed by atoms with Gasteiger partial charge in [-0.05, 0) is 0 Å². The molecule has 0 aliphatic heterocycles. The fourth-order valence-corrected chi connectivity index (χ4v) is 0.822. The van der Waals surface area contributed by atoms with E-state index in [4.69, 9.17) is 5.11 Å². The van der Waals surface area contributed by atoms with E-state index in [0.717, 1.165) is 5.39 Å². The van der Waals surface area contributed by atoms with Crippen molar-refractivity contribution in [2.45, 2.75) is 0 Å². The molecule has 4 nitrogen and oxygen atoms in total. The van der Waals surface area contributed by atoms with Crippen LogP contribution < -0.4 is 0 Å². The second-order valence-electron chi connectivity index (χ2n) is 2.07. The van der Waals surface area contributed by atoms with Gasteiger partial charge in [0, 0.05) is 23.8 Å². The minimum absolute atomic E-state index is 0.0374. The van der Waals surface area contributed by atoms with Crippen molar-refractivity contribution < 1.29 is 5.11 Å². The molecule has 0 aliphatic carbocycles. The third-order valence-corrected chi connectivity index (χ3v) is 1.33.